The summed E-state index contributed by atoms with van der Waals surface area (Å²) < 4.78 is 15.0. The molecule has 1 amide bonds. The van der Waals surface area contributed by atoms with Crippen LogP contribution in [0.2, 0.25) is 5.02 Å². The summed E-state index contributed by atoms with van der Waals surface area (Å²) in [4.78, 5) is 27.5. The van der Waals surface area contributed by atoms with Crippen LogP contribution in [0.5, 0.6) is 0 Å². The molecule has 0 bridgehead atoms. The third-order valence-electron chi connectivity index (χ3n) is 6.38. The molecule has 0 spiro atoms. The van der Waals surface area contributed by atoms with E-state index in [9.17, 15) is 4.79 Å². The molecule has 35 heavy (non-hydrogen) atoms. The number of halogens is 2. The summed E-state index contributed by atoms with van der Waals surface area (Å²) in [6, 6.07) is 12.7. The number of para-hydroxylation sites is 1. The van der Waals surface area contributed by atoms with Crippen molar-refractivity contribution in [2.75, 3.05) is 46.8 Å². The quantitative estimate of drug-likeness (QED) is 0.560. The van der Waals surface area contributed by atoms with Gasteiger partial charge in [0.2, 0.25) is 5.95 Å². The number of rotatable bonds is 4. The molecule has 5 rings (SSSR count). The number of carbonyl (C=O) groups excluding carboxylic acids is 1. The molecule has 1 saturated heterocycles. The van der Waals surface area contributed by atoms with Gasteiger partial charge in [-0.1, -0.05) is 23.7 Å². The fourth-order valence-electron chi connectivity index (χ4n) is 4.52. The first kappa shape index (κ1) is 23.3. The molecular weight excluding hydrogens is 469 g/mol. The zero-order chi connectivity index (χ0) is 24.7. The highest BCUT2D eigenvalue weighted by Crippen LogP contribution is 2.33. The van der Waals surface area contributed by atoms with Crippen LogP contribution in [0, 0.1) is 5.82 Å². The summed E-state index contributed by atoms with van der Waals surface area (Å²) in [5.41, 5.74) is 2.10. The van der Waals surface area contributed by atoms with Crippen LogP contribution in [0.4, 0.5) is 33.2 Å². The minimum absolute atomic E-state index is 0.196. The molecular formula is C25H27ClFN7O. The molecule has 182 valence electrons. The lowest BCUT2D eigenvalue weighted by Gasteiger charge is -2.39. The number of hydrogen-bond acceptors (Lipinski definition) is 7. The van der Waals surface area contributed by atoms with Gasteiger partial charge in [-0.15, -0.1) is 0 Å². The molecule has 0 saturated carbocycles. The average Bonchev–Trinajstić information content (AvgIpc) is 2.84. The molecule has 1 aromatic heterocycles. The minimum atomic E-state index is -0.309. The van der Waals surface area contributed by atoms with Crippen LogP contribution in [0.1, 0.15) is 24.2 Å². The van der Waals surface area contributed by atoms with E-state index < -0.39 is 0 Å². The fourth-order valence-corrected chi connectivity index (χ4v) is 4.76. The van der Waals surface area contributed by atoms with Crippen molar-refractivity contribution in [1.82, 2.24) is 15.3 Å². The molecule has 2 N–H and O–H groups in total. The Morgan fingerprint density at radius 1 is 1.17 bits per heavy atom. The summed E-state index contributed by atoms with van der Waals surface area (Å²) in [5.74, 6) is 0.242. The molecule has 0 radical (unpaired) electrons. The normalized spacial score (nSPS) is 20.1. The second kappa shape index (κ2) is 9.31. The van der Waals surface area contributed by atoms with E-state index in [2.05, 4.69) is 39.3 Å². The van der Waals surface area contributed by atoms with Crippen molar-refractivity contribution in [2.45, 2.75) is 25.9 Å². The summed E-state index contributed by atoms with van der Waals surface area (Å²) in [6.45, 7) is 6.01. The molecule has 0 aliphatic carbocycles. The largest absolute Gasteiger partial charge is 0.364 e. The number of anilines is 5. The lowest BCUT2D eigenvalue weighted by atomic mass is 10.1. The van der Waals surface area contributed by atoms with E-state index in [-0.39, 0.29) is 30.4 Å². The third-order valence-corrected chi connectivity index (χ3v) is 6.70. The van der Waals surface area contributed by atoms with Crippen molar-refractivity contribution < 1.29 is 9.18 Å². The van der Waals surface area contributed by atoms with Crippen LogP contribution in [0.25, 0.3) is 0 Å². The van der Waals surface area contributed by atoms with E-state index in [0.717, 1.165) is 13.1 Å². The highest BCUT2D eigenvalue weighted by atomic mass is 35.5. The van der Waals surface area contributed by atoms with Crippen LogP contribution >= 0.6 is 11.6 Å². The van der Waals surface area contributed by atoms with E-state index in [1.54, 1.807) is 23.1 Å². The van der Waals surface area contributed by atoms with Gasteiger partial charge >= 0.3 is 0 Å². The Morgan fingerprint density at radius 2 is 1.97 bits per heavy atom. The first-order chi connectivity index (χ1) is 16.8. The summed E-state index contributed by atoms with van der Waals surface area (Å²) in [6.07, 6.45) is 1.49. The number of nitrogens with zero attached hydrogens (tertiary/aromatic N) is 5. The maximum Gasteiger partial charge on any atom is 0.265 e. The fraction of sp³-hybridized carbons (Fsp3) is 0.320. The number of amides is 1. The molecule has 10 heteroatoms. The van der Waals surface area contributed by atoms with E-state index in [1.807, 2.05) is 30.1 Å². The number of fused-ring (bicyclic) bond motifs is 1. The summed E-state index contributed by atoms with van der Waals surface area (Å²) >= 11 is 6.31. The zero-order valence-electron chi connectivity index (χ0n) is 19.8. The van der Waals surface area contributed by atoms with Gasteiger partial charge in [0, 0.05) is 44.1 Å². The predicted molar refractivity (Wildman–Crippen MR) is 138 cm³/mol. The number of piperazine rings is 1. The third kappa shape index (κ3) is 4.49. The first-order valence-corrected chi connectivity index (χ1v) is 11.9. The van der Waals surface area contributed by atoms with Gasteiger partial charge < -0.3 is 20.4 Å². The lowest BCUT2D eigenvalue weighted by molar-refractivity contribution is 0.0982. The lowest BCUT2D eigenvalue weighted by Crippen LogP contribution is -2.54. The smallest absolute Gasteiger partial charge is 0.265 e. The number of carbonyl (C=O) groups is 1. The molecule has 2 aliphatic rings. The molecule has 1 fully saturated rings. The highest BCUT2D eigenvalue weighted by molar-refractivity contribution is 6.34. The monoisotopic (exact) mass is 495 g/mol. The van der Waals surface area contributed by atoms with Crippen LogP contribution in [0.3, 0.4) is 0 Å². The van der Waals surface area contributed by atoms with Crippen LogP contribution in [0.15, 0.2) is 48.7 Å². The Hall–Kier alpha value is -3.43. The Balaban J connectivity index is 1.37. The topological polar surface area (TPSA) is 76.6 Å². The molecule has 3 aromatic rings. The van der Waals surface area contributed by atoms with Crippen LogP contribution in [-0.2, 0) is 0 Å². The van der Waals surface area contributed by atoms with E-state index in [4.69, 9.17) is 11.6 Å². The van der Waals surface area contributed by atoms with Crippen molar-refractivity contribution >= 4 is 46.3 Å². The van der Waals surface area contributed by atoms with Gasteiger partial charge in [0.1, 0.15) is 17.2 Å². The molecule has 2 aliphatic heterocycles. The van der Waals surface area contributed by atoms with Crippen LogP contribution < -0.4 is 25.3 Å². The molecule has 2 atom stereocenters. The zero-order valence-corrected chi connectivity index (χ0v) is 20.6. The van der Waals surface area contributed by atoms with E-state index in [1.165, 1.54) is 12.3 Å². The Labute approximate surface area is 208 Å². The summed E-state index contributed by atoms with van der Waals surface area (Å²) in [7, 11) is 1.84. The van der Waals surface area contributed by atoms with Crippen LogP contribution in [-0.4, -0.2) is 54.8 Å². The van der Waals surface area contributed by atoms with Crippen molar-refractivity contribution in [3.05, 3.63) is 65.1 Å². The SMILES string of the molecule is C[C@@H]1CN[C@@H](C)CN1c1ccc(Nc2ncc3c(n2)N(C)CN(c2ccccc2Cl)C3=O)cc1F. The number of aromatic nitrogens is 2. The number of hydrogen-bond donors (Lipinski definition) is 2. The van der Waals surface area contributed by atoms with Crippen molar-refractivity contribution in [3.63, 3.8) is 0 Å². The maximum absolute atomic E-state index is 15.0. The number of benzene rings is 2. The molecule has 8 nitrogen and oxygen atoms in total. The van der Waals surface area contributed by atoms with Gasteiger partial charge in [-0.2, -0.15) is 4.98 Å². The minimum Gasteiger partial charge on any atom is -0.364 e. The van der Waals surface area contributed by atoms with Crippen molar-refractivity contribution in [1.29, 1.82) is 0 Å². The van der Waals surface area contributed by atoms with Gasteiger partial charge in [0.25, 0.3) is 5.91 Å². The van der Waals surface area contributed by atoms with E-state index >= 15 is 4.39 Å². The highest BCUT2D eigenvalue weighted by Gasteiger charge is 2.31. The van der Waals surface area contributed by atoms with Gasteiger partial charge in [-0.3, -0.25) is 9.69 Å². The number of nitrogens with one attached hydrogen (secondary N) is 2. The second-order valence-electron chi connectivity index (χ2n) is 9.06. The first-order valence-electron chi connectivity index (χ1n) is 11.5. The van der Waals surface area contributed by atoms with Crippen molar-refractivity contribution in [2.24, 2.45) is 0 Å². The second-order valence-corrected chi connectivity index (χ2v) is 9.46. The van der Waals surface area contributed by atoms with Gasteiger partial charge in [-0.05, 0) is 44.2 Å². The van der Waals surface area contributed by atoms with Gasteiger partial charge in [-0.25, -0.2) is 9.37 Å². The Morgan fingerprint density at radius 3 is 2.74 bits per heavy atom. The summed E-state index contributed by atoms with van der Waals surface area (Å²) in [5, 5.41) is 6.97. The predicted octanol–water partition coefficient (Wildman–Crippen LogP) is 4.25. The van der Waals surface area contributed by atoms with Gasteiger partial charge in [0.05, 0.1) is 23.1 Å². The molecule has 2 aromatic carbocycles. The average molecular weight is 496 g/mol. The molecule has 3 heterocycles. The maximum atomic E-state index is 15.0. The molecule has 0 unspecified atom stereocenters. The standard InChI is InChI=1S/C25H27ClFN7O/c1-15-13-33(16(2)11-28-15)22-9-8-17(10-20(22)27)30-25-29-12-18-23(31-25)32(3)14-34(24(18)35)21-7-5-4-6-19(21)26/h4-10,12,15-16,28H,11,13-14H2,1-3H3,(H,29,30,31)/t15-,16+/m0/s1. The van der Waals surface area contributed by atoms with Gasteiger partial charge in [0.15, 0.2) is 0 Å². The van der Waals surface area contributed by atoms with Crippen molar-refractivity contribution in [3.8, 4) is 0 Å². The Bertz CT molecular complexity index is 1270. The Kier molecular flexibility index (Phi) is 6.21. The van der Waals surface area contributed by atoms with E-state index in [0.29, 0.717) is 39.5 Å².